The number of carbonyl (C=O) groups excluding carboxylic acids is 2. The topological polar surface area (TPSA) is 86.2 Å². The molecular weight excluding hydrogens is 404 g/mol. The molecule has 8 heteroatoms. The van der Waals surface area contributed by atoms with Crippen LogP contribution in [0.5, 0.6) is 11.5 Å². The van der Waals surface area contributed by atoms with Crippen LogP contribution in [0, 0.1) is 6.92 Å². The van der Waals surface area contributed by atoms with Crippen LogP contribution in [-0.2, 0) is 4.74 Å². The molecule has 0 radical (unpaired) electrons. The maximum Gasteiger partial charge on any atom is 0.427 e. The predicted octanol–water partition coefficient (Wildman–Crippen LogP) is 3.68. The Kier molecular flexibility index (Phi) is 6.74. The summed E-state index contributed by atoms with van der Waals surface area (Å²) in [6.07, 6.45) is 0.714. The SMILES string of the molecule is COC(=O)NN=Cc1cc(Br)c(OC(=O)c2ccc(C)cc2)c(OC)c1. The Morgan fingerprint density at radius 2 is 1.85 bits per heavy atom. The second-order valence-electron chi connectivity index (χ2n) is 5.15. The summed E-state index contributed by atoms with van der Waals surface area (Å²) in [4.78, 5) is 23.3. The van der Waals surface area contributed by atoms with Gasteiger partial charge in [0.1, 0.15) is 0 Å². The highest BCUT2D eigenvalue weighted by Gasteiger charge is 2.16. The lowest BCUT2D eigenvalue weighted by atomic mass is 10.1. The van der Waals surface area contributed by atoms with Gasteiger partial charge in [-0.2, -0.15) is 5.10 Å². The fraction of sp³-hybridized carbons (Fsp3) is 0.167. The molecule has 0 saturated heterocycles. The molecule has 7 nitrogen and oxygen atoms in total. The number of halogens is 1. The molecule has 0 aromatic heterocycles. The van der Waals surface area contributed by atoms with E-state index in [0.29, 0.717) is 21.3 Å². The molecule has 1 N–H and O–H groups in total. The lowest BCUT2D eigenvalue weighted by Crippen LogP contribution is -2.16. The minimum absolute atomic E-state index is 0.246. The van der Waals surface area contributed by atoms with Crippen LogP contribution in [0.2, 0.25) is 0 Å². The number of ether oxygens (including phenoxy) is 3. The third-order valence-corrected chi connectivity index (χ3v) is 3.88. The predicted molar refractivity (Wildman–Crippen MR) is 100.0 cm³/mol. The highest BCUT2D eigenvalue weighted by atomic mass is 79.9. The van der Waals surface area contributed by atoms with E-state index in [-0.39, 0.29) is 5.75 Å². The van der Waals surface area contributed by atoms with Crippen LogP contribution in [0.1, 0.15) is 21.5 Å². The van der Waals surface area contributed by atoms with Crippen molar-refractivity contribution < 1.29 is 23.8 Å². The van der Waals surface area contributed by atoms with E-state index in [1.807, 2.05) is 19.1 Å². The Morgan fingerprint density at radius 3 is 2.46 bits per heavy atom. The molecule has 0 saturated carbocycles. The van der Waals surface area contributed by atoms with Crippen molar-refractivity contribution in [2.24, 2.45) is 5.10 Å². The van der Waals surface area contributed by atoms with Gasteiger partial charge < -0.3 is 14.2 Å². The smallest absolute Gasteiger partial charge is 0.427 e. The van der Waals surface area contributed by atoms with Crippen molar-refractivity contribution >= 4 is 34.2 Å². The molecule has 0 spiro atoms. The van der Waals surface area contributed by atoms with Gasteiger partial charge in [-0.3, -0.25) is 0 Å². The average molecular weight is 421 g/mol. The van der Waals surface area contributed by atoms with Crippen LogP contribution in [-0.4, -0.2) is 32.5 Å². The molecule has 2 rings (SSSR count). The highest BCUT2D eigenvalue weighted by Crippen LogP contribution is 2.36. The largest absolute Gasteiger partial charge is 0.493 e. The van der Waals surface area contributed by atoms with Crippen molar-refractivity contribution in [2.75, 3.05) is 14.2 Å². The van der Waals surface area contributed by atoms with Crippen LogP contribution in [0.25, 0.3) is 0 Å². The Balaban J connectivity index is 2.22. The Hall–Kier alpha value is -2.87. The molecule has 0 aliphatic rings. The number of amides is 1. The monoisotopic (exact) mass is 420 g/mol. The van der Waals surface area contributed by atoms with Gasteiger partial charge in [-0.15, -0.1) is 0 Å². The Labute approximate surface area is 159 Å². The Bertz CT molecular complexity index is 834. The molecular formula is C18H17BrN2O5. The molecule has 2 aromatic rings. The summed E-state index contributed by atoms with van der Waals surface area (Å²) in [6, 6.07) is 10.3. The summed E-state index contributed by atoms with van der Waals surface area (Å²) in [6.45, 7) is 1.93. The highest BCUT2D eigenvalue weighted by molar-refractivity contribution is 9.10. The summed E-state index contributed by atoms with van der Waals surface area (Å²) in [5, 5.41) is 3.74. The summed E-state index contributed by atoms with van der Waals surface area (Å²) < 4.78 is 15.7. The van der Waals surface area contributed by atoms with Crippen molar-refractivity contribution in [3.05, 3.63) is 57.6 Å². The van der Waals surface area contributed by atoms with Gasteiger partial charge in [-0.25, -0.2) is 15.0 Å². The van der Waals surface area contributed by atoms with E-state index in [2.05, 4.69) is 31.2 Å². The second-order valence-corrected chi connectivity index (χ2v) is 6.01. The van der Waals surface area contributed by atoms with Gasteiger partial charge in [0.25, 0.3) is 0 Å². The first-order valence-electron chi connectivity index (χ1n) is 7.48. The maximum atomic E-state index is 12.3. The average Bonchev–Trinajstić information content (AvgIpc) is 2.63. The van der Waals surface area contributed by atoms with Crippen LogP contribution < -0.4 is 14.9 Å². The first-order valence-corrected chi connectivity index (χ1v) is 8.27. The molecule has 26 heavy (non-hydrogen) atoms. The number of hydrogen-bond donors (Lipinski definition) is 1. The van der Waals surface area contributed by atoms with E-state index in [1.54, 1.807) is 24.3 Å². The maximum absolute atomic E-state index is 12.3. The van der Waals surface area contributed by atoms with E-state index in [4.69, 9.17) is 9.47 Å². The van der Waals surface area contributed by atoms with Gasteiger partial charge >= 0.3 is 12.1 Å². The van der Waals surface area contributed by atoms with Gasteiger partial charge in [0.05, 0.1) is 30.5 Å². The molecule has 2 aromatic carbocycles. The zero-order valence-electron chi connectivity index (χ0n) is 14.4. The second kappa shape index (κ2) is 9.00. The summed E-state index contributed by atoms with van der Waals surface area (Å²) >= 11 is 3.36. The molecule has 0 bridgehead atoms. The summed E-state index contributed by atoms with van der Waals surface area (Å²) in [7, 11) is 2.69. The van der Waals surface area contributed by atoms with E-state index < -0.39 is 12.1 Å². The van der Waals surface area contributed by atoms with Crippen molar-refractivity contribution in [2.45, 2.75) is 6.92 Å². The quantitative estimate of drug-likeness (QED) is 0.345. The molecule has 1 amide bonds. The summed E-state index contributed by atoms with van der Waals surface area (Å²) in [5.41, 5.74) is 4.26. The number of aryl methyl sites for hydroxylation is 1. The van der Waals surface area contributed by atoms with Gasteiger partial charge in [-0.1, -0.05) is 17.7 Å². The number of rotatable bonds is 5. The minimum atomic E-state index is -0.684. The van der Waals surface area contributed by atoms with Crippen molar-refractivity contribution in [1.29, 1.82) is 0 Å². The standard InChI is InChI=1S/C18H17BrN2O5/c1-11-4-6-13(7-5-11)17(22)26-16-14(19)8-12(9-15(16)24-2)10-20-21-18(23)25-3/h4-10H,1-3H3,(H,21,23). The molecule has 0 aliphatic heterocycles. The van der Waals surface area contributed by atoms with Crippen LogP contribution in [0.15, 0.2) is 46.0 Å². The van der Waals surface area contributed by atoms with Crippen molar-refractivity contribution in [3.63, 3.8) is 0 Å². The first kappa shape index (κ1) is 19.5. The fourth-order valence-electron chi connectivity index (χ4n) is 1.96. The first-order chi connectivity index (χ1) is 12.4. The lowest BCUT2D eigenvalue weighted by molar-refractivity contribution is 0.0728. The minimum Gasteiger partial charge on any atom is -0.493 e. The van der Waals surface area contributed by atoms with Gasteiger partial charge in [0, 0.05) is 0 Å². The number of esters is 1. The lowest BCUT2D eigenvalue weighted by Gasteiger charge is -2.12. The number of nitrogens with zero attached hydrogens (tertiary/aromatic N) is 1. The van der Waals surface area contributed by atoms with Crippen LogP contribution >= 0.6 is 15.9 Å². The third kappa shape index (κ3) is 5.06. The number of hydrogen-bond acceptors (Lipinski definition) is 6. The summed E-state index contributed by atoms with van der Waals surface area (Å²) in [5.74, 6) is 0.0771. The van der Waals surface area contributed by atoms with Gasteiger partial charge in [-0.05, 0) is 52.7 Å². The van der Waals surface area contributed by atoms with Crippen molar-refractivity contribution in [3.8, 4) is 11.5 Å². The Morgan fingerprint density at radius 1 is 1.15 bits per heavy atom. The molecule has 136 valence electrons. The van der Waals surface area contributed by atoms with Crippen LogP contribution in [0.3, 0.4) is 0 Å². The van der Waals surface area contributed by atoms with Gasteiger partial charge in [0.15, 0.2) is 11.5 Å². The van der Waals surface area contributed by atoms with E-state index in [0.717, 1.165) is 5.56 Å². The number of nitrogens with one attached hydrogen (secondary N) is 1. The number of hydrazone groups is 1. The van der Waals surface area contributed by atoms with Crippen molar-refractivity contribution in [1.82, 2.24) is 5.43 Å². The van der Waals surface area contributed by atoms with Crippen LogP contribution in [0.4, 0.5) is 4.79 Å². The number of benzene rings is 2. The zero-order valence-corrected chi connectivity index (χ0v) is 16.0. The zero-order chi connectivity index (χ0) is 19.1. The molecule has 0 aliphatic carbocycles. The molecule has 0 atom stereocenters. The van der Waals surface area contributed by atoms with E-state index >= 15 is 0 Å². The molecule has 0 heterocycles. The number of carbonyl (C=O) groups is 2. The fourth-order valence-corrected chi connectivity index (χ4v) is 2.50. The third-order valence-electron chi connectivity index (χ3n) is 3.29. The molecule has 0 fully saturated rings. The normalized spacial score (nSPS) is 10.5. The molecule has 0 unspecified atom stereocenters. The number of methoxy groups -OCH3 is 2. The van der Waals surface area contributed by atoms with E-state index in [9.17, 15) is 9.59 Å². The van der Waals surface area contributed by atoms with Gasteiger partial charge in [0.2, 0.25) is 0 Å². The van der Waals surface area contributed by atoms with E-state index in [1.165, 1.54) is 20.4 Å².